The molecule has 2 aromatic carbocycles. The first-order chi connectivity index (χ1) is 14.0. The Morgan fingerprint density at radius 1 is 1.07 bits per heavy atom. The van der Waals surface area contributed by atoms with Crippen molar-refractivity contribution in [3.63, 3.8) is 0 Å². The zero-order valence-corrected chi connectivity index (χ0v) is 16.8. The molecule has 0 saturated carbocycles. The highest BCUT2D eigenvalue weighted by Crippen LogP contribution is 2.36. The summed E-state index contributed by atoms with van der Waals surface area (Å²) < 4.78 is 0. The maximum Gasteiger partial charge on any atom is 0.251 e. The molecule has 0 aromatic heterocycles. The van der Waals surface area contributed by atoms with Gasteiger partial charge in [-0.3, -0.25) is 9.59 Å². The van der Waals surface area contributed by atoms with Gasteiger partial charge in [-0.15, -0.1) is 0 Å². The summed E-state index contributed by atoms with van der Waals surface area (Å²) in [6, 6.07) is 18.3. The highest BCUT2D eigenvalue weighted by molar-refractivity contribution is 5.89. The second-order valence-electron chi connectivity index (χ2n) is 8.41. The van der Waals surface area contributed by atoms with Crippen LogP contribution in [0.5, 0.6) is 0 Å². The van der Waals surface area contributed by atoms with E-state index in [1.165, 1.54) is 11.1 Å². The number of hydrogen-bond donors (Lipinski definition) is 2. The number of fused-ring (bicyclic) bond motifs is 1. The third kappa shape index (κ3) is 3.92. The van der Waals surface area contributed by atoms with Gasteiger partial charge in [0.05, 0.1) is 5.41 Å². The molecule has 1 heterocycles. The number of nitrogens with zero attached hydrogens (tertiary/aromatic N) is 1. The molecule has 4 rings (SSSR count). The molecule has 1 unspecified atom stereocenters. The zero-order valence-electron chi connectivity index (χ0n) is 16.8. The lowest BCUT2D eigenvalue weighted by Crippen LogP contribution is -2.67. The third-order valence-electron chi connectivity index (χ3n) is 6.22. The molecule has 5 nitrogen and oxygen atoms in total. The minimum Gasteiger partial charge on any atom is -0.383 e. The van der Waals surface area contributed by atoms with E-state index in [9.17, 15) is 14.7 Å². The molecule has 5 heteroatoms. The van der Waals surface area contributed by atoms with E-state index in [0.717, 1.165) is 18.4 Å². The molecular weight excluding hydrogens is 364 g/mol. The number of benzene rings is 2. The van der Waals surface area contributed by atoms with Gasteiger partial charge in [-0.05, 0) is 42.4 Å². The van der Waals surface area contributed by atoms with Gasteiger partial charge in [0, 0.05) is 19.1 Å². The number of nitrogens with one attached hydrogen (secondary N) is 1. The first kappa shape index (κ1) is 19.6. The molecule has 2 aliphatic rings. The van der Waals surface area contributed by atoms with Crippen LogP contribution in [0, 0.1) is 5.41 Å². The monoisotopic (exact) mass is 392 g/mol. The number of hydrogen-bond acceptors (Lipinski definition) is 3. The largest absolute Gasteiger partial charge is 0.383 e. The van der Waals surface area contributed by atoms with Crippen LogP contribution in [0.15, 0.2) is 54.6 Å². The molecule has 2 amide bonds. The smallest absolute Gasteiger partial charge is 0.251 e. The standard InChI is InChI=1S/C24H28N2O3/c1-2-21(27)22(28)26-15-24(16-26,14-17-8-4-3-5-9-17)23(29)25-20-12-18-10-6-7-11-19(18)13-20/h3-11,20-21,27H,2,12-16H2,1H3,(H,25,29). The van der Waals surface area contributed by atoms with Gasteiger partial charge in [-0.2, -0.15) is 0 Å². The Morgan fingerprint density at radius 3 is 2.24 bits per heavy atom. The molecule has 1 atom stereocenters. The molecule has 1 saturated heterocycles. The molecule has 152 valence electrons. The topological polar surface area (TPSA) is 69.6 Å². The number of rotatable bonds is 6. The number of likely N-dealkylation sites (tertiary alicyclic amines) is 1. The number of carbonyl (C=O) groups excluding carboxylic acids is 2. The first-order valence-corrected chi connectivity index (χ1v) is 10.4. The summed E-state index contributed by atoms with van der Waals surface area (Å²) in [6.45, 7) is 2.48. The summed E-state index contributed by atoms with van der Waals surface area (Å²) in [5.74, 6) is -0.272. The molecule has 0 radical (unpaired) electrons. The number of aliphatic hydroxyl groups excluding tert-OH is 1. The van der Waals surface area contributed by atoms with Crippen LogP contribution in [-0.2, 0) is 28.9 Å². The lowest BCUT2D eigenvalue weighted by molar-refractivity contribution is -0.160. The van der Waals surface area contributed by atoms with E-state index in [-0.39, 0.29) is 17.9 Å². The lowest BCUT2D eigenvalue weighted by atomic mass is 9.73. The van der Waals surface area contributed by atoms with Crippen molar-refractivity contribution >= 4 is 11.8 Å². The highest BCUT2D eigenvalue weighted by atomic mass is 16.3. The summed E-state index contributed by atoms with van der Waals surface area (Å²) in [4.78, 5) is 27.3. The third-order valence-corrected chi connectivity index (χ3v) is 6.22. The lowest BCUT2D eigenvalue weighted by Gasteiger charge is -2.49. The first-order valence-electron chi connectivity index (χ1n) is 10.4. The maximum atomic E-state index is 13.4. The van der Waals surface area contributed by atoms with Crippen molar-refractivity contribution in [1.29, 1.82) is 0 Å². The Morgan fingerprint density at radius 2 is 1.66 bits per heavy atom. The Labute approximate surface area is 171 Å². The fourth-order valence-electron chi connectivity index (χ4n) is 4.55. The fraction of sp³-hybridized carbons (Fsp3) is 0.417. The van der Waals surface area contributed by atoms with Gasteiger partial charge in [0.2, 0.25) is 5.91 Å². The Kier molecular flexibility index (Phi) is 5.41. The van der Waals surface area contributed by atoms with Crippen molar-refractivity contribution in [2.24, 2.45) is 5.41 Å². The quantitative estimate of drug-likeness (QED) is 0.791. The molecule has 2 aromatic rings. The van der Waals surface area contributed by atoms with Crippen LogP contribution in [0.1, 0.15) is 30.0 Å². The minimum absolute atomic E-state index is 0.00852. The summed E-state index contributed by atoms with van der Waals surface area (Å²) in [7, 11) is 0. The maximum absolute atomic E-state index is 13.4. The van der Waals surface area contributed by atoms with Crippen molar-refractivity contribution in [2.75, 3.05) is 13.1 Å². The van der Waals surface area contributed by atoms with Crippen LogP contribution in [-0.4, -0.2) is 47.1 Å². The number of amides is 2. The van der Waals surface area contributed by atoms with E-state index in [4.69, 9.17) is 0 Å². The Hall–Kier alpha value is -2.66. The Balaban J connectivity index is 1.47. The molecule has 1 aliphatic heterocycles. The van der Waals surface area contributed by atoms with Crippen LogP contribution in [0.4, 0.5) is 0 Å². The SMILES string of the molecule is CCC(O)C(=O)N1CC(Cc2ccccc2)(C(=O)NC2Cc3ccccc3C2)C1. The van der Waals surface area contributed by atoms with Gasteiger partial charge in [0.1, 0.15) is 6.10 Å². The molecule has 2 N–H and O–H groups in total. The predicted molar refractivity (Wildman–Crippen MR) is 111 cm³/mol. The van der Waals surface area contributed by atoms with E-state index in [1.807, 2.05) is 42.5 Å². The molecule has 29 heavy (non-hydrogen) atoms. The van der Waals surface area contributed by atoms with Crippen molar-refractivity contribution in [1.82, 2.24) is 10.2 Å². The summed E-state index contributed by atoms with van der Waals surface area (Å²) in [5.41, 5.74) is 3.04. The average Bonchev–Trinajstić information content (AvgIpc) is 3.12. The van der Waals surface area contributed by atoms with Gasteiger partial charge < -0.3 is 15.3 Å². The van der Waals surface area contributed by atoms with Crippen LogP contribution < -0.4 is 5.32 Å². The van der Waals surface area contributed by atoms with Gasteiger partial charge in [0.15, 0.2) is 0 Å². The number of aliphatic hydroxyl groups is 1. The summed E-state index contributed by atoms with van der Waals surface area (Å²) >= 11 is 0. The predicted octanol–water partition coefficient (Wildman–Crippen LogP) is 2.11. The van der Waals surface area contributed by atoms with Gasteiger partial charge in [0.25, 0.3) is 5.91 Å². The molecule has 0 bridgehead atoms. The normalized spacial score (nSPS) is 18.6. The van der Waals surface area contributed by atoms with Gasteiger partial charge in [-0.25, -0.2) is 0 Å². The van der Waals surface area contributed by atoms with Crippen LogP contribution in [0.2, 0.25) is 0 Å². The van der Waals surface area contributed by atoms with Crippen molar-refractivity contribution < 1.29 is 14.7 Å². The van der Waals surface area contributed by atoms with E-state index >= 15 is 0 Å². The van der Waals surface area contributed by atoms with Crippen molar-refractivity contribution in [2.45, 2.75) is 44.8 Å². The molecule has 0 spiro atoms. The molecule has 1 fully saturated rings. The van der Waals surface area contributed by atoms with E-state index in [1.54, 1.807) is 11.8 Å². The summed E-state index contributed by atoms with van der Waals surface area (Å²) in [5, 5.41) is 13.2. The fourth-order valence-corrected chi connectivity index (χ4v) is 4.55. The van der Waals surface area contributed by atoms with Gasteiger partial charge >= 0.3 is 0 Å². The molecular formula is C24H28N2O3. The Bertz CT molecular complexity index is 865. The van der Waals surface area contributed by atoms with Gasteiger partial charge in [-0.1, -0.05) is 61.5 Å². The van der Waals surface area contributed by atoms with Crippen LogP contribution >= 0.6 is 0 Å². The van der Waals surface area contributed by atoms with Crippen LogP contribution in [0.25, 0.3) is 0 Å². The van der Waals surface area contributed by atoms with E-state index < -0.39 is 11.5 Å². The van der Waals surface area contributed by atoms with E-state index in [2.05, 4.69) is 17.4 Å². The second-order valence-corrected chi connectivity index (χ2v) is 8.41. The second kappa shape index (κ2) is 7.99. The number of carbonyl (C=O) groups is 2. The van der Waals surface area contributed by atoms with Crippen LogP contribution in [0.3, 0.4) is 0 Å². The van der Waals surface area contributed by atoms with Crippen molar-refractivity contribution in [3.8, 4) is 0 Å². The van der Waals surface area contributed by atoms with E-state index in [0.29, 0.717) is 25.9 Å². The zero-order chi connectivity index (χ0) is 20.4. The minimum atomic E-state index is -0.989. The summed E-state index contributed by atoms with van der Waals surface area (Å²) in [6.07, 6.45) is 1.68. The highest BCUT2D eigenvalue weighted by Gasteiger charge is 2.52. The average molecular weight is 392 g/mol. The molecule has 1 aliphatic carbocycles. The van der Waals surface area contributed by atoms with Crippen molar-refractivity contribution in [3.05, 3.63) is 71.3 Å².